The molecule has 0 aromatic rings. The molecule has 4 rings (SSSR count). The van der Waals surface area contributed by atoms with Crippen molar-refractivity contribution in [1.82, 2.24) is 0 Å². The maximum absolute atomic E-state index is 13.6. The maximum atomic E-state index is 13.6. The van der Waals surface area contributed by atoms with Crippen molar-refractivity contribution in [2.24, 2.45) is 17.3 Å². The van der Waals surface area contributed by atoms with Crippen LogP contribution in [-0.2, 0) is 29.2 Å². The van der Waals surface area contributed by atoms with Gasteiger partial charge < -0.3 is 14.0 Å². The van der Waals surface area contributed by atoms with Gasteiger partial charge in [-0.25, -0.2) is 17.6 Å². The average molecular weight is 453 g/mol. The van der Waals surface area contributed by atoms with E-state index in [1.54, 1.807) is 0 Å². The molecule has 0 amide bonds. The largest absolute Gasteiger partial charge is 0.743 e. The van der Waals surface area contributed by atoms with Crippen molar-refractivity contribution in [3.05, 3.63) is 12.2 Å². The lowest BCUT2D eigenvalue weighted by Crippen LogP contribution is -2.60. The molecule has 0 saturated heterocycles. The molecule has 11 heteroatoms. The smallest absolute Gasteiger partial charge is 0.364 e. The van der Waals surface area contributed by atoms with Gasteiger partial charge in [0.25, 0.3) is 0 Å². The molecule has 0 aromatic carbocycles. The Kier molecular flexibility index (Phi) is 5.77. The summed E-state index contributed by atoms with van der Waals surface area (Å²) >= 11 is 0. The zero-order valence-corrected chi connectivity index (χ0v) is 17.3. The van der Waals surface area contributed by atoms with E-state index >= 15 is 0 Å². The highest BCUT2D eigenvalue weighted by Crippen LogP contribution is 2.63. The Morgan fingerprint density at radius 3 is 2.30 bits per heavy atom. The van der Waals surface area contributed by atoms with Crippen LogP contribution in [0.2, 0.25) is 0 Å². The summed E-state index contributed by atoms with van der Waals surface area (Å²) in [6, 6.07) is 0. The summed E-state index contributed by atoms with van der Waals surface area (Å²) in [5, 5.41) is -5.10. The van der Waals surface area contributed by atoms with Gasteiger partial charge in [0.15, 0.2) is 16.3 Å². The number of alkyl halides is 3. The van der Waals surface area contributed by atoms with Crippen LogP contribution in [0.5, 0.6) is 0 Å². The highest BCUT2D eigenvalue weighted by Gasteiger charge is 2.63. The lowest BCUT2D eigenvalue weighted by atomic mass is 9.48. The quantitative estimate of drug-likeness (QED) is 0.316. The topological polar surface area (TPSA) is 110 Å². The van der Waals surface area contributed by atoms with Crippen LogP contribution in [0.15, 0.2) is 12.2 Å². The lowest BCUT2D eigenvalue weighted by Gasteiger charge is -2.59. The fraction of sp³-hybridized carbons (Fsp3) is 0.789. The van der Waals surface area contributed by atoms with Gasteiger partial charge in [-0.3, -0.25) is 4.79 Å². The van der Waals surface area contributed by atoms with Gasteiger partial charge in [-0.1, -0.05) is 6.58 Å². The summed E-state index contributed by atoms with van der Waals surface area (Å²) in [7, 11) is -6.17. The molecule has 0 N–H and O–H groups in total. The zero-order chi connectivity index (χ0) is 22.5. The number of esters is 2. The van der Waals surface area contributed by atoms with Crippen LogP contribution in [0.4, 0.5) is 13.2 Å². The third kappa shape index (κ3) is 4.10. The molecule has 4 saturated carbocycles. The molecule has 4 aliphatic carbocycles. The van der Waals surface area contributed by atoms with Crippen LogP contribution in [-0.4, -0.2) is 48.5 Å². The summed E-state index contributed by atoms with van der Waals surface area (Å²) in [5.41, 5.74) is -1.53. The zero-order valence-electron chi connectivity index (χ0n) is 16.5. The van der Waals surface area contributed by atoms with Crippen molar-refractivity contribution in [2.75, 3.05) is 6.61 Å². The first-order chi connectivity index (χ1) is 13.7. The van der Waals surface area contributed by atoms with Gasteiger partial charge in [0.2, 0.25) is 0 Å². The van der Waals surface area contributed by atoms with Crippen LogP contribution in [0, 0.1) is 17.3 Å². The van der Waals surface area contributed by atoms with Crippen molar-refractivity contribution in [1.29, 1.82) is 0 Å². The molecule has 0 spiro atoms. The van der Waals surface area contributed by atoms with E-state index in [1.807, 2.05) is 0 Å². The number of hydrogen-bond donors (Lipinski definition) is 0. The number of carbonyl (C=O) groups excluding carboxylic acids is 2. The minimum absolute atomic E-state index is 0.139. The van der Waals surface area contributed by atoms with Crippen LogP contribution in [0.1, 0.15) is 51.9 Å². The van der Waals surface area contributed by atoms with Crippen molar-refractivity contribution >= 4 is 22.1 Å². The molecule has 4 aliphatic rings. The van der Waals surface area contributed by atoms with Gasteiger partial charge >= 0.3 is 17.2 Å². The number of hydrogen-bond acceptors (Lipinski definition) is 7. The second-order valence-electron chi connectivity index (χ2n) is 9.00. The molecule has 4 fully saturated rings. The van der Waals surface area contributed by atoms with Crippen LogP contribution < -0.4 is 0 Å². The molecular formula is C19H24F3O7S-. The fourth-order valence-electron chi connectivity index (χ4n) is 5.55. The third-order valence-electron chi connectivity index (χ3n) is 6.40. The normalized spacial score (nSPS) is 33.8. The Labute approximate surface area is 172 Å². The second kappa shape index (κ2) is 7.51. The molecule has 3 atom stereocenters. The SMILES string of the molecule is C=C(C)C(=O)OC12CC3CC(C1)CC(C(=O)OCCC(F)C(F)(F)S(=O)(=O)[O-])(C3)C2. The second-order valence-corrected chi connectivity index (χ2v) is 10.5. The van der Waals surface area contributed by atoms with E-state index in [9.17, 15) is 35.7 Å². The van der Waals surface area contributed by atoms with Gasteiger partial charge in [0, 0.05) is 18.4 Å². The Bertz CT molecular complexity index is 840. The van der Waals surface area contributed by atoms with Gasteiger partial charge in [0.1, 0.15) is 5.60 Å². The van der Waals surface area contributed by atoms with Gasteiger partial charge in [0.05, 0.1) is 12.0 Å². The van der Waals surface area contributed by atoms with Crippen molar-refractivity contribution in [2.45, 2.75) is 68.9 Å². The van der Waals surface area contributed by atoms with Crippen molar-refractivity contribution in [3.63, 3.8) is 0 Å². The Balaban J connectivity index is 1.66. The first-order valence-electron chi connectivity index (χ1n) is 9.73. The third-order valence-corrected chi connectivity index (χ3v) is 7.32. The highest BCUT2D eigenvalue weighted by molar-refractivity contribution is 7.86. The van der Waals surface area contributed by atoms with Gasteiger partial charge in [-0.05, 0) is 50.9 Å². The Morgan fingerprint density at radius 1 is 1.23 bits per heavy atom. The summed E-state index contributed by atoms with van der Waals surface area (Å²) in [6.45, 7) is 4.31. The highest BCUT2D eigenvalue weighted by atomic mass is 32.2. The number of halogens is 3. The summed E-state index contributed by atoms with van der Waals surface area (Å²) in [5.74, 6) is -0.962. The average Bonchev–Trinajstić information content (AvgIpc) is 2.58. The van der Waals surface area contributed by atoms with E-state index in [1.165, 1.54) is 6.92 Å². The Morgan fingerprint density at radius 2 is 1.80 bits per heavy atom. The molecule has 0 radical (unpaired) electrons. The van der Waals surface area contributed by atoms with Crippen molar-refractivity contribution in [3.8, 4) is 0 Å². The summed E-state index contributed by atoms with van der Waals surface area (Å²) < 4.78 is 82.3. The predicted molar refractivity (Wildman–Crippen MR) is 95.9 cm³/mol. The molecule has 3 unspecified atom stereocenters. The molecule has 0 heterocycles. The van der Waals surface area contributed by atoms with Crippen LogP contribution >= 0.6 is 0 Å². The number of ether oxygens (including phenoxy) is 2. The molecular weight excluding hydrogens is 429 g/mol. The summed E-state index contributed by atoms with van der Waals surface area (Å²) in [6.07, 6.45) is -1.05. The van der Waals surface area contributed by atoms with Gasteiger partial charge in [-0.15, -0.1) is 0 Å². The minimum Gasteiger partial charge on any atom is -0.743 e. The molecule has 4 bridgehead atoms. The van der Waals surface area contributed by atoms with E-state index in [4.69, 9.17) is 9.47 Å². The maximum Gasteiger partial charge on any atom is 0.364 e. The predicted octanol–water partition coefficient (Wildman–Crippen LogP) is 2.85. The monoisotopic (exact) mass is 453 g/mol. The fourth-order valence-corrected chi connectivity index (χ4v) is 5.98. The van der Waals surface area contributed by atoms with Crippen LogP contribution in [0.3, 0.4) is 0 Å². The molecule has 30 heavy (non-hydrogen) atoms. The lowest BCUT2D eigenvalue weighted by molar-refractivity contribution is -0.210. The van der Waals surface area contributed by atoms with E-state index in [2.05, 4.69) is 6.58 Å². The first-order valence-corrected chi connectivity index (χ1v) is 11.1. The number of carbonyl (C=O) groups is 2. The van der Waals surface area contributed by atoms with Crippen molar-refractivity contribution < 1.29 is 45.2 Å². The molecule has 0 aromatic heterocycles. The number of rotatable bonds is 8. The standard InChI is InChI=1S/C19H25F3O7S/c1-11(2)15(23)29-18-8-12-5-13(9-18)7-17(6-12,10-18)16(24)28-4-3-14(20)19(21,22)30(25,26)27/h12-14H,1,3-10H2,2H3,(H,25,26,27)/p-1. The molecule has 0 aliphatic heterocycles. The minimum atomic E-state index is -6.17. The van der Waals surface area contributed by atoms with Gasteiger partial charge in [-0.2, -0.15) is 8.78 Å². The van der Waals surface area contributed by atoms with E-state index in [-0.39, 0.29) is 23.8 Å². The summed E-state index contributed by atoms with van der Waals surface area (Å²) in [4.78, 5) is 24.9. The Hall–Kier alpha value is -1.62. The molecule has 170 valence electrons. The van der Waals surface area contributed by atoms with E-state index < -0.39 is 57.5 Å². The van der Waals surface area contributed by atoms with Crippen LogP contribution in [0.25, 0.3) is 0 Å². The first kappa shape index (κ1) is 23.1. The van der Waals surface area contributed by atoms with E-state index in [0.29, 0.717) is 25.7 Å². The van der Waals surface area contributed by atoms with E-state index in [0.717, 1.165) is 6.42 Å². The molecule has 7 nitrogen and oxygen atoms in total.